The fourth-order valence-electron chi connectivity index (χ4n) is 2.72. The van der Waals surface area contributed by atoms with Crippen LogP contribution in [0.15, 0.2) is 34.6 Å². The number of azide groups is 1. The summed E-state index contributed by atoms with van der Waals surface area (Å²) in [6, 6.07) is 2.35. The quantitative estimate of drug-likeness (QED) is 0.228. The van der Waals surface area contributed by atoms with E-state index < -0.39 is 29.4 Å². The van der Waals surface area contributed by atoms with Gasteiger partial charge >= 0.3 is 6.18 Å². The van der Waals surface area contributed by atoms with Crippen LogP contribution in [0, 0.1) is 5.82 Å². The maximum Gasteiger partial charge on any atom is 0.419 e. The summed E-state index contributed by atoms with van der Waals surface area (Å²) in [7, 11) is 0. The van der Waals surface area contributed by atoms with Crippen LogP contribution in [0.5, 0.6) is 0 Å². The molecule has 0 aliphatic carbocycles. The lowest BCUT2D eigenvalue weighted by Gasteiger charge is -2.15. The van der Waals surface area contributed by atoms with Crippen LogP contribution >= 0.6 is 0 Å². The van der Waals surface area contributed by atoms with Gasteiger partial charge in [0, 0.05) is 18.0 Å². The fraction of sp³-hybridized carbons (Fsp3) is 0.267. The van der Waals surface area contributed by atoms with Gasteiger partial charge in [0.25, 0.3) is 5.91 Å². The number of aromatic nitrogens is 2. The van der Waals surface area contributed by atoms with E-state index in [2.05, 4.69) is 36.1 Å². The Bertz CT molecular complexity index is 977. The Balaban J connectivity index is 1.94. The molecule has 1 unspecified atom stereocenters. The van der Waals surface area contributed by atoms with Gasteiger partial charge in [-0.15, -0.1) is 0 Å². The van der Waals surface area contributed by atoms with E-state index in [0.29, 0.717) is 17.8 Å². The van der Waals surface area contributed by atoms with Crippen LogP contribution < -0.4 is 10.7 Å². The van der Waals surface area contributed by atoms with Gasteiger partial charge in [-0.1, -0.05) is 11.2 Å². The molecule has 13 heteroatoms. The van der Waals surface area contributed by atoms with Crippen LogP contribution in [0.4, 0.5) is 23.2 Å². The molecule has 3 rings (SSSR count). The Morgan fingerprint density at radius 3 is 2.86 bits per heavy atom. The normalized spacial score (nSPS) is 16.4. The molecule has 1 aliphatic heterocycles. The minimum Gasteiger partial charge on any atom is -0.382 e. The number of amides is 1. The Hall–Kier alpha value is -3.60. The van der Waals surface area contributed by atoms with Gasteiger partial charge in [0.1, 0.15) is 23.1 Å². The molecule has 1 amide bonds. The highest BCUT2D eigenvalue weighted by atomic mass is 19.4. The second kappa shape index (κ2) is 7.56. The molecular weight excluding hydrogens is 384 g/mol. The fourth-order valence-corrected chi connectivity index (χ4v) is 2.72. The lowest BCUT2D eigenvalue weighted by atomic mass is 9.90. The number of H-pyrrole nitrogens is 1. The summed E-state index contributed by atoms with van der Waals surface area (Å²) in [6.07, 6.45) is -3.52. The zero-order valence-corrected chi connectivity index (χ0v) is 14.0. The summed E-state index contributed by atoms with van der Waals surface area (Å²) >= 11 is 0. The third kappa shape index (κ3) is 3.74. The summed E-state index contributed by atoms with van der Waals surface area (Å²) < 4.78 is 52.6. The van der Waals surface area contributed by atoms with Crippen LogP contribution in [0.3, 0.4) is 0 Å². The lowest BCUT2D eigenvalue weighted by Crippen LogP contribution is -2.23. The first-order valence-electron chi connectivity index (χ1n) is 7.85. The van der Waals surface area contributed by atoms with Gasteiger partial charge in [-0.05, 0) is 23.2 Å². The Morgan fingerprint density at radius 1 is 1.36 bits per heavy atom. The summed E-state index contributed by atoms with van der Waals surface area (Å²) in [5.41, 5.74) is 9.72. The van der Waals surface area contributed by atoms with Crippen molar-refractivity contribution in [2.45, 2.75) is 12.1 Å². The van der Waals surface area contributed by atoms with Crippen molar-refractivity contribution in [1.82, 2.24) is 15.6 Å². The number of hydrazone groups is 1. The molecule has 3 N–H and O–H groups in total. The van der Waals surface area contributed by atoms with Crippen LogP contribution in [0.2, 0.25) is 0 Å². The number of carbonyl (C=O) groups excluding carboxylic acids is 1. The molecule has 2 aromatic rings. The molecule has 0 saturated heterocycles. The molecule has 146 valence electrons. The second-order valence-corrected chi connectivity index (χ2v) is 5.68. The van der Waals surface area contributed by atoms with Crippen molar-refractivity contribution in [2.75, 3.05) is 18.4 Å². The van der Waals surface area contributed by atoms with E-state index >= 15 is 0 Å². The first-order valence-corrected chi connectivity index (χ1v) is 7.85. The molecule has 28 heavy (non-hydrogen) atoms. The van der Waals surface area contributed by atoms with Crippen LogP contribution in [0.1, 0.15) is 22.7 Å². The molecule has 0 spiro atoms. The zero-order valence-electron chi connectivity index (χ0n) is 14.0. The zero-order chi connectivity index (χ0) is 20.3. The minimum absolute atomic E-state index is 0.0721. The third-order valence-electron chi connectivity index (χ3n) is 3.94. The third-order valence-corrected chi connectivity index (χ3v) is 3.94. The summed E-state index contributed by atoms with van der Waals surface area (Å²) in [5, 5.41) is 16.6. The predicted octanol–water partition coefficient (Wildman–Crippen LogP) is 2.91. The summed E-state index contributed by atoms with van der Waals surface area (Å²) in [6.45, 7) is 0.395. The number of anilines is 1. The van der Waals surface area contributed by atoms with Crippen molar-refractivity contribution in [2.24, 2.45) is 10.2 Å². The second-order valence-electron chi connectivity index (χ2n) is 5.68. The Morgan fingerprint density at radius 2 is 2.14 bits per heavy atom. The number of alkyl halides is 3. The van der Waals surface area contributed by atoms with E-state index in [9.17, 15) is 22.4 Å². The number of rotatable bonds is 6. The lowest BCUT2D eigenvalue weighted by molar-refractivity contribution is -0.140. The molecule has 1 aromatic heterocycles. The van der Waals surface area contributed by atoms with Gasteiger partial charge in [0.15, 0.2) is 0 Å². The maximum absolute atomic E-state index is 13.6. The van der Waals surface area contributed by atoms with Crippen molar-refractivity contribution in [3.8, 4) is 0 Å². The number of hydrogen-bond acceptors (Lipinski definition) is 5. The van der Waals surface area contributed by atoms with E-state index in [0.717, 1.165) is 6.07 Å². The van der Waals surface area contributed by atoms with Crippen molar-refractivity contribution >= 4 is 17.3 Å². The van der Waals surface area contributed by atoms with E-state index in [1.807, 2.05) is 0 Å². The van der Waals surface area contributed by atoms with Crippen molar-refractivity contribution in [1.29, 1.82) is 0 Å². The van der Waals surface area contributed by atoms with Gasteiger partial charge in [-0.25, -0.2) is 9.82 Å². The molecule has 0 saturated carbocycles. The molecule has 0 bridgehead atoms. The molecule has 1 atom stereocenters. The van der Waals surface area contributed by atoms with Crippen molar-refractivity contribution in [3.05, 3.63) is 57.5 Å². The largest absolute Gasteiger partial charge is 0.419 e. The molecule has 9 nitrogen and oxygen atoms in total. The van der Waals surface area contributed by atoms with Gasteiger partial charge < -0.3 is 5.32 Å². The Kier molecular flexibility index (Phi) is 5.18. The number of aromatic amines is 1. The van der Waals surface area contributed by atoms with E-state index in [1.165, 1.54) is 6.20 Å². The molecular formula is C15H12F4N8O. The summed E-state index contributed by atoms with van der Waals surface area (Å²) in [5.74, 6) is -3.29. The standard InChI is InChI=1S/C15H12F4N8O/c16-9-2-1-7(5-8(9)15(17,18)19)11-13(25-26-14(11)28)12-10(6-23-24-12)21-3-4-22-27-20/h1-2,5-6,11,21H,3-4H2,(H,23,24)(H,26,28). The molecule has 0 fully saturated rings. The monoisotopic (exact) mass is 396 g/mol. The van der Waals surface area contributed by atoms with Crippen molar-refractivity contribution < 1.29 is 22.4 Å². The average molecular weight is 396 g/mol. The molecule has 0 radical (unpaired) electrons. The molecule has 2 heterocycles. The first kappa shape index (κ1) is 19.2. The average Bonchev–Trinajstić information content (AvgIpc) is 3.24. The maximum atomic E-state index is 13.6. The number of nitrogens with zero attached hydrogens (tertiary/aromatic N) is 5. The first-order chi connectivity index (χ1) is 13.3. The minimum atomic E-state index is -4.91. The van der Waals surface area contributed by atoms with Gasteiger partial charge in [0.05, 0.1) is 17.4 Å². The molecule has 1 aromatic carbocycles. The van der Waals surface area contributed by atoms with Crippen LogP contribution in [-0.4, -0.2) is 34.9 Å². The van der Waals surface area contributed by atoms with Crippen LogP contribution in [0.25, 0.3) is 10.4 Å². The van der Waals surface area contributed by atoms with Gasteiger partial charge in [-0.3, -0.25) is 9.89 Å². The number of halogens is 4. The van der Waals surface area contributed by atoms with Crippen LogP contribution in [-0.2, 0) is 11.0 Å². The van der Waals surface area contributed by atoms with Gasteiger partial charge in [-0.2, -0.15) is 23.4 Å². The van der Waals surface area contributed by atoms with E-state index in [1.54, 1.807) is 0 Å². The van der Waals surface area contributed by atoms with Gasteiger partial charge in [0.2, 0.25) is 0 Å². The number of carbonyl (C=O) groups is 1. The Labute approximate surface area is 154 Å². The van der Waals surface area contributed by atoms with E-state index in [4.69, 9.17) is 5.53 Å². The predicted molar refractivity (Wildman–Crippen MR) is 89.9 cm³/mol. The smallest absolute Gasteiger partial charge is 0.382 e. The number of nitrogens with one attached hydrogen (secondary N) is 3. The number of hydrogen-bond donors (Lipinski definition) is 3. The highest BCUT2D eigenvalue weighted by molar-refractivity contribution is 6.21. The van der Waals surface area contributed by atoms with E-state index in [-0.39, 0.29) is 30.1 Å². The SMILES string of the molecule is [N-]=[N+]=NCCNc1cn[nH]c1C1=NNC(=O)C1c1ccc(F)c(C(F)(F)F)c1. The highest BCUT2D eigenvalue weighted by Crippen LogP contribution is 2.35. The number of benzene rings is 1. The summed E-state index contributed by atoms with van der Waals surface area (Å²) in [4.78, 5) is 14.8. The van der Waals surface area contributed by atoms with Crippen molar-refractivity contribution in [3.63, 3.8) is 0 Å². The molecule has 1 aliphatic rings. The topological polar surface area (TPSA) is 131 Å². The highest BCUT2D eigenvalue weighted by Gasteiger charge is 2.39.